The van der Waals surface area contributed by atoms with Gasteiger partial charge in [0.1, 0.15) is 0 Å². The molecule has 8 heteroatoms. The number of esters is 1. The average molecular weight is 253 g/mol. The van der Waals surface area contributed by atoms with E-state index >= 15 is 0 Å². The molecule has 3 N–H and O–H groups in total. The molecule has 0 bridgehead atoms. The number of carbonyl (C=O) groups excluding carboxylic acids is 1. The molecule has 0 radical (unpaired) electrons. The maximum atomic E-state index is 11.4. The van der Waals surface area contributed by atoms with E-state index in [-0.39, 0.29) is 11.1 Å². The van der Waals surface area contributed by atoms with Gasteiger partial charge < -0.3 is 19.7 Å². The number of carbonyl (C=O) groups is 3. The topological polar surface area (TPSA) is 134 Å². The van der Waals surface area contributed by atoms with E-state index in [0.29, 0.717) is 0 Å². The Hall–Kier alpha value is -2.90. The molecule has 0 fully saturated rings. The SMILES string of the molecule is N=C(OC(=O)O)c1ccccc1C(=O)OC(=O)O. The lowest BCUT2D eigenvalue weighted by Gasteiger charge is -2.07. The minimum Gasteiger partial charge on any atom is -0.449 e. The van der Waals surface area contributed by atoms with Crippen LogP contribution < -0.4 is 0 Å². The van der Waals surface area contributed by atoms with Gasteiger partial charge in [0.15, 0.2) is 0 Å². The average Bonchev–Trinajstić information content (AvgIpc) is 2.27. The van der Waals surface area contributed by atoms with Crippen molar-refractivity contribution in [2.24, 2.45) is 0 Å². The Morgan fingerprint density at radius 1 is 0.944 bits per heavy atom. The summed E-state index contributed by atoms with van der Waals surface area (Å²) in [6.07, 6.45) is -3.53. The fourth-order valence-electron chi connectivity index (χ4n) is 1.14. The van der Waals surface area contributed by atoms with Crippen LogP contribution in [0.15, 0.2) is 24.3 Å². The van der Waals surface area contributed by atoms with E-state index in [1.54, 1.807) is 0 Å². The monoisotopic (exact) mass is 253 g/mol. The molecule has 94 valence electrons. The minimum absolute atomic E-state index is 0.189. The first kappa shape index (κ1) is 13.2. The van der Waals surface area contributed by atoms with Gasteiger partial charge in [0.25, 0.3) is 0 Å². The van der Waals surface area contributed by atoms with Gasteiger partial charge in [-0.3, -0.25) is 5.41 Å². The minimum atomic E-state index is -1.81. The van der Waals surface area contributed by atoms with Gasteiger partial charge in [-0.25, -0.2) is 14.4 Å². The molecule has 18 heavy (non-hydrogen) atoms. The molecule has 1 rings (SSSR count). The van der Waals surface area contributed by atoms with Gasteiger partial charge in [0.05, 0.1) is 11.1 Å². The third-order valence-corrected chi connectivity index (χ3v) is 1.76. The number of ether oxygens (including phenoxy) is 2. The van der Waals surface area contributed by atoms with Crippen molar-refractivity contribution in [3.05, 3.63) is 35.4 Å². The summed E-state index contributed by atoms with van der Waals surface area (Å²) in [5.41, 5.74) is -0.475. The third-order valence-electron chi connectivity index (χ3n) is 1.76. The standard InChI is InChI=1S/C10H7NO7/c11-7(17-9(13)14)5-3-1-2-4-6(5)8(12)18-10(15)16/h1-4,11H,(H,13,14)(H,15,16). The molecule has 0 aliphatic carbocycles. The summed E-state index contributed by atoms with van der Waals surface area (Å²) in [5, 5.41) is 24.0. The van der Waals surface area contributed by atoms with E-state index in [0.717, 1.165) is 0 Å². The van der Waals surface area contributed by atoms with Crippen LogP contribution in [0.4, 0.5) is 9.59 Å². The lowest BCUT2D eigenvalue weighted by Crippen LogP contribution is -2.17. The van der Waals surface area contributed by atoms with Crippen LogP contribution in [-0.2, 0) is 9.47 Å². The smallest absolute Gasteiger partial charge is 0.449 e. The Labute approximate surface area is 99.9 Å². The first-order chi connectivity index (χ1) is 8.41. The molecular weight excluding hydrogens is 246 g/mol. The Kier molecular flexibility index (Phi) is 3.98. The van der Waals surface area contributed by atoms with Gasteiger partial charge in [-0.15, -0.1) is 0 Å². The molecule has 8 nitrogen and oxygen atoms in total. The maximum Gasteiger partial charge on any atom is 0.513 e. The van der Waals surface area contributed by atoms with Gasteiger partial charge in [0, 0.05) is 0 Å². The van der Waals surface area contributed by atoms with Crippen molar-refractivity contribution in [1.82, 2.24) is 0 Å². The van der Waals surface area contributed by atoms with Gasteiger partial charge in [0.2, 0.25) is 5.90 Å². The van der Waals surface area contributed by atoms with Gasteiger partial charge >= 0.3 is 18.3 Å². The van der Waals surface area contributed by atoms with Crippen LogP contribution >= 0.6 is 0 Å². The quantitative estimate of drug-likeness (QED) is 0.315. The molecule has 1 aromatic rings. The van der Waals surface area contributed by atoms with Crippen LogP contribution in [0.2, 0.25) is 0 Å². The fraction of sp³-hybridized carbons (Fsp3) is 0. The highest BCUT2D eigenvalue weighted by atomic mass is 16.7. The second-order valence-electron chi connectivity index (χ2n) is 2.90. The molecule has 0 heterocycles. The summed E-state index contributed by atoms with van der Waals surface area (Å²) in [7, 11) is 0. The van der Waals surface area contributed by atoms with E-state index in [9.17, 15) is 14.4 Å². The highest BCUT2D eigenvalue weighted by molar-refractivity contribution is 6.07. The molecule has 0 aliphatic heterocycles. The van der Waals surface area contributed by atoms with Crippen LogP contribution in [0, 0.1) is 5.41 Å². The number of carboxylic acid groups (broad SMARTS) is 2. The van der Waals surface area contributed by atoms with Gasteiger partial charge in [-0.05, 0) is 12.1 Å². The largest absolute Gasteiger partial charge is 0.513 e. The number of rotatable bonds is 2. The third kappa shape index (κ3) is 3.30. The zero-order valence-corrected chi connectivity index (χ0v) is 8.75. The molecule has 0 atom stereocenters. The Balaban J connectivity index is 3.06. The molecule has 0 amide bonds. The van der Waals surface area contributed by atoms with Crippen molar-refractivity contribution in [2.45, 2.75) is 0 Å². The van der Waals surface area contributed by atoms with Gasteiger partial charge in [-0.1, -0.05) is 12.1 Å². The predicted molar refractivity (Wildman–Crippen MR) is 55.8 cm³/mol. The summed E-state index contributed by atoms with van der Waals surface area (Å²) in [4.78, 5) is 31.9. The number of benzene rings is 1. The summed E-state index contributed by atoms with van der Waals surface area (Å²) < 4.78 is 7.99. The summed E-state index contributed by atoms with van der Waals surface area (Å²) in [5.74, 6) is -2.03. The molecule has 0 aliphatic rings. The van der Waals surface area contributed by atoms with Crippen LogP contribution in [0.5, 0.6) is 0 Å². The van der Waals surface area contributed by atoms with Crippen LogP contribution in [0.1, 0.15) is 15.9 Å². The molecular formula is C10H7NO7. The van der Waals surface area contributed by atoms with Crippen LogP contribution in [0.3, 0.4) is 0 Å². The Bertz CT molecular complexity index is 476. The summed E-state index contributed by atoms with van der Waals surface area (Å²) in [6.45, 7) is 0. The molecule has 0 spiro atoms. The zero-order chi connectivity index (χ0) is 13.7. The summed E-state index contributed by atoms with van der Waals surface area (Å²) in [6, 6.07) is 5.23. The highest BCUT2D eigenvalue weighted by Gasteiger charge is 2.20. The van der Waals surface area contributed by atoms with Crippen molar-refractivity contribution in [3.63, 3.8) is 0 Å². The van der Waals surface area contributed by atoms with Crippen LogP contribution in [-0.4, -0.2) is 34.4 Å². The molecule has 1 aromatic carbocycles. The second-order valence-corrected chi connectivity index (χ2v) is 2.90. The lowest BCUT2D eigenvalue weighted by molar-refractivity contribution is 0.0508. The first-order valence-electron chi connectivity index (χ1n) is 4.45. The van der Waals surface area contributed by atoms with Crippen molar-refractivity contribution in [2.75, 3.05) is 0 Å². The fourth-order valence-corrected chi connectivity index (χ4v) is 1.14. The van der Waals surface area contributed by atoms with E-state index < -0.39 is 24.2 Å². The number of hydrogen-bond acceptors (Lipinski definition) is 6. The molecule has 0 saturated heterocycles. The van der Waals surface area contributed by atoms with Crippen molar-refractivity contribution in [1.29, 1.82) is 5.41 Å². The maximum absolute atomic E-state index is 11.4. The Morgan fingerprint density at radius 2 is 1.44 bits per heavy atom. The van der Waals surface area contributed by atoms with Crippen molar-refractivity contribution >= 4 is 24.2 Å². The van der Waals surface area contributed by atoms with Crippen molar-refractivity contribution in [3.8, 4) is 0 Å². The highest BCUT2D eigenvalue weighted by Crippen LogP contribution is 2.12. The molecule has 0 saturated carbocycles. The predicted octanol–water partition coefficient (Wildman–Crippen LogP) is 1.54. The lowest BCUT2D eigenvalue weighted by atomic mass is 10.1. The zero-order valence-electron chi connectivity index (χ0n) is 8.75. The van der Waals surface area contributed by atoms with E-state index in [4.69, 9.17) is 15.6 Å². The van der Waals surface area contributed by atoms with Gasteiger partial charge in [-0.2, -0.15) is 0 Å². The first-order valence-corrected chi connectivity index (χ1v) is 4.45. The summed E-state index contributed by atoms with van der Waals surface area (Å²) >= 11 is 0. The van der Waals surface area contributed by atoms with Crippen molar-refractivity contribution < 1.29 is 34.1 Å². The van der Waals surface area contributed by atoms with E-state index in [2.05, 4.69) is 9.47 Å². The second kappa shape index (κ2) is 5.43. The number of hydrogen-bond donors (Lipinski definition) is 3. The van der Waals surface area contributed by atoms with Crippen LogP contribution in [0.25, 0.3) is 0 Å². The number of nitrogens with one attached hydrogen (secondary N) is 1. The molecule has 0 aromatic heterocycles. The normalized spacial score (nSPS) is 9.33. The Morgan fingerprint density at radius 3 is 1.94 bits per heavy atom. The molecule has 0 unspecified atom stereocenters. The van der Waals surface area contributed by atoms with E-state index in [1.165, 1.54) is 24.3 Å². The van der Waals surface area contributed by atoms with E-state index in [1.807, 2.05) is 0 Å².